The molecule has 0 saturated heterocycles. The number of carbonyl (C=O) groups is 4. The van der Waals surface area contributed by atoms with Gasteiger partial charge in [0.15, 0.2) is 0 Å². The van der Waals surface area contributed by atoms with Crippen LogP contribution in [0.3, 0.4) is 0 Å². The number of alkyl carbamates (subject to hydrolysis) is 1. The van der Waals surface area contributed by atoms with E-state index in [4.69, 9.17) is 26.1 Å². The number of carbonyl (C=O) groups excluding carboxylic acids is 4. The third-order valence-electron chi connectivity index (χ3n) is 6.28. The van der Waals surface area contributed by atoms with Crippen LogP contribution in [-0.4, -0.2) is 46.4 Å². The lowest BCUT2D eigenvalue weighted by molar-refractivity contribution is -0.137. The normalized spacial score (nSPS) is 19.6. The largest absolute Gasteiger partial charge is 0.444 e. The van der Waals surface area contributed by atoms with Crippen molar-refractivity contribution in [3.8, 4) is 0 Å². The van der Waals surface area contributed by atoms with Gasteiger partial charge >= 0.3 is 12.2 Å². The summed E-state index contributed by atoms with van der Waals surface area (Å²) in [6, 6.07) is 13.8. The molecule has 0 aromatic heterocycles. The Kier molecular flexibility index (Phi) is 7.96. The van der Waals surface area contributed by atoms with Crippen molar-refractivity contribution in [1.82, 2.24) is 10.2 Å². The van der Waals surface area contributed by atoms with Gasteiger partial charge in [-0.15, -0.1) is 0 Å². The van der Waals surface area contributed by atoms with Gasteiger partial charge in [-0.1, -0.05) is 54.1 Å². The Morgan fingerprint density at radius 3 is 2.38 bits per heavy atom. The number of hydrogen-bond donors (Lipinski definition) is 2. The fourth-order valence-corrected chi connectivity index (χ4v) is 4.78. The molecule has 11 heteroatoms. The first-order valence-electron chi connectivity index (χ1n) is 12.5. The van der Waals surface area contributed by atoms with E-state index in [1.807, 2.05) is 30.3 Å². The standard InChI is InChI=1S/C28H31ClN4O6/c1-27(2,3)39-26(37)31-24-32-28(4,15-22(35)33(24)18-13-19(34)14-18)20-11-8-12-21(23(20)29)30-25(36)38-16-17-9-6-5-7-10-17/h5-12,18H,13-16H2,1-4H3,(H,30,36)(H,31,32,37)/t28-/m0/s1. The maximum Gasteiger partial charge on any atom is 0.414 e. The van der Waals surface area contributed by atoms with Gasteiger partial charge in [-0.2, -0.15) is 0 Å². The van der Waals surface area contributed by atoms with Gasteiger partial charge in [0.1, 0.15) is 18.0 Å². The van der Waals surface area contributed by atoms with Crippen molar-refractivity contribution in [1.29, 1.82) is 0 Å². The molecule has 39 heavy (non-hydrogen) atoms. The summed E-state index contributed by atoms with van der Waals surface area (Å²) in [6.07, 6.45) is -1.18. The summed E-state index contributed by atoms with van der Waals surface area (Å²) >= 11 is 6.72. The second-order valence-corrected chi connectivity index (χ2v) is 11.1. The molecule has 1 aliphatic heterocycles. The molecule has 3 amide bonds. The molecule has 0 bridgehead atoms. The number of nitrogens with zero attached hydrogens (tertiary/aromatic N) is 2. The van der Waals surface area contributed by atoms with Crippen LogP contribution in [0.1, 0.15) is 58.1 Å². The van der Waals surface area contributed by atoms with Crippen LogP contribution < -0.4 is 10.6 Å². The Labute approximate surface area is 231 Å². The summed E-state index contributed by atoms with van der Waals surface area (Å²) in [6.45, 7) is 6.95. The Morgan fingerprint density at radius 2 is 1.74 bits per heavy atom. The zero-order valence-electron chi connectivity index (χ0n) is 22.2. The number of hydrogen-bond acceptors (Lipinski definition) is 7. The van der Waals surface area contributed by atoms with Crippen LogP contribution in [0.4, 0.5) is 15.3 Å². The first-order valence-corrected chi connectivity index (χ1v) is 12.9. The predicted molar refractivity (Wildman–Crippen MR) is 145 cm³/mol. The Bertz CT molecular complexity index is 1320. The highest BCUT2D eigenvalue weighted by molar-refractivity contribution is 6.34. The molecular weight excluding hydrogens is 524 g/mol. The number of halogens is 1. The van der Waals surface area contributed by atoms with E-state index in [1.165, 1.54) is 4.90 Å². The molecule has 10 nitrogen and oxygen atoms in total. The second-order valence-electron chi connectivity index (χ2n) is 10.7. The van der Waals surface area contributed by atoms with E-state index in [-0.39, 0.29) is 54.2 Å². The highest BCUT2D eigenvalue weighted by atomic mass is 35.5. The van der Waals surface area contributed by atoms with E-state index in [2.05, 4.69) is 10.6 Å². The maximum absolute atomic E-state index is 13.4. The van der Waals surface area contributed by atoms with Crippen molar-refractivity contribution in [3.63, 3.8) is 0 Å². The average Bonchev–Trinajstić information content (AvgIpc) is 2.82. The van der Waals surface area contributed by atoms with E-state index in [0.717, 1.165) is 5.56 Å². The highest BCUT2D eigenvalue weighted by Crippen LogP contribution is 2.41. The van der Waals surface area contributed by atoms with Crippen LogP contribution in [0.5, 0.6) is 0 Å². The van der Waals surface area contributed by atoms with Crippen LogP contribution in [0.25, 0.3) is 0 Å². The Balaban J connectivity index is 1.59. The first-order chi connectivity index (χ1) is 18.3. The predicted octanol–water partition coefficient (Wildman–Crippen LogP) is 5.15. The van der Waals surface area contributed by atoms with Gasteiger partial charge in [0.05, 0.1) is 28.7 Å². The second kappa shape index (κ2) is 11.1. The van der Waals surface area contributed by atoms with Crippen LogP contribution in [0.2, 0.25) is 5.02 Å². The quantitative estimate of drug-likeness (QED) is 0.526. The third-order valence-corrected chi connectivity index (χ3v) is 6.69. The Morgan fingerprint density at radius 1 is 1.05 bits per heavy atom. The van der Waals surface area contributed by atoms with Crippen molar-refractivity contribution in [2.24, 2.45) is 4.99 Å². The summed E-state index contributed by atoms with van der Waals surface area (Å²) in [5.74, 6) is -0.316. The van der Waals surface area contributed by atoms with Gasteiger partial charge in [-0.05, 0) is 39.3 Å². The van der Waals surface area contributed by atoms with Gasteiger partial charge in [0.2, 0.25) is 11.9 Å². The number of guanidine groups is 1. The lowest BCUT2D eigenvalue weighted by atomic mass is 9.84. The number of Topliss-reactive ketones (excluding diaryl/α,β-unsaturated/α-hetero) is 1. The average molecular weight is 555 g/mol. The number of benzene rings is 2. The molecule has 0 spiro atoms. The molecule has 1 heterocycles. The molecule has 2 aromatic rings. The molecule has 1 saturated carbocycles. The monoisotopic (exact) mass is 554 g/mol. The first kappa shape index (κ1) is 28.1. The smallest absolute Gasteiger partial charge is 0.414 e. The number of nitrogens with one attached hydrogen (secondary N) is 2. The molecule has 1 fully saturated rings. The Hall–Kier alpha value is -3.92. The lowest BCUT2D eigenvalue weighted by Gasteiger charge is -2.43. The summed E-state index contributed by atoms with van der Waals surface area (Å²) in [7, 11) is 0. The highest BCUT2D eigenvalue weighted by Gasteiger charge is 2.46. The summed E-state index contributed by atoms with van der Waals surface area (Å²) in [5, 5.41) is 5.41. The summed E-state index contributed by atoms with van der Waals surface area (Å²) in [4.78, 5) is 56.2. The number of rotatable bonds is 5. The van der Waals surface area contributed by atoms with Crippen LogP contribution in [0, 0.1) is 0 Å². The van der Waals surface area contributed by atoms with Gasteiger partial charge in [-0.3, -0.25) is 25.1 Å². The van der Waals surface area contributed by atoms with Gasteiger partial charge in [0, 0.05) is 18.4 Å². The molecule has 0 unspecified atom stereocenters. The summed E-state index contributed by atoms with van der Waals surface area (Å²) < 4.78 is 10.7. The molecule has 1 atom stereocenters. The van der Waals surface area contributed by atoms with Crippen molar-refractivity contribution in [2.75, 3.05) is 5.32 Å². The lowest BCUT2D eigenvalue weighted by Crippen LogP contribution is -2.60. The molecule has 2 aliphatic rings. The fraction of sp³-hybridized carbons (Fsp3) is 0.393. The SMILES string of the molecule is CC(C)(C)OC(=O)NC1=N[C@](C)(c2cccc(NC(=O)OCc3ccccc3)c2Cl)CC(=O)N1C1CC(=O)C1. The van der Waals surface area contributed by atoms with E-state index in [0.29, 0.717) is 5.56 Å². The minimum atomic E-state index is -1.19. The zero-order valence-corrected chi connectivity index (χ0v) is 23.0. The van der Waals surface area contributed by atoms with Crippen molar-refractivity contribution < 1.29 is 28.7 Å². The van der Waals surface area contributed by atoms with Crippen LogP contribution in [0.15, 0.2) is 53.5 Å². The molecule has 0 radical (unpaired) electrons. The van der Waals surface area contributed by atoms with E-state index in [9.17, 15) is 19.2 Å². The summed E-state index contributed by atoms with van der Waals surface area (Å²) in [5.41, 5.74) is -0.384. The molecule has 2 N–H and O–H groups in total. The number of aliphatic imine (C=N–C) groups is 1. The molecule has 206 valence electrons. The zero-order chi connectivity index (χ0) is 28.4. The number of amides is 3. The van der Waals surface area contributed by atoms with Crippen molar-refractivity contribution >= 4 is 47.1 Å². The van der Waals surface area contributed by atoms with E-state index in [1.54, 1.807) is 45.9 Å². The van der Waals surface area contributed by atoms with Crippen molar-refractivity contribution in [3.05, 3.63) is 64.7 Å². The maximum atomic E-state index is 13.4. The number of ether oxygens (including phenoxy) is 2. The van der Waals surface area contributed by atoms with Gasteiger partial charge in [0.25, 0.3) is 0 Å². The van der Waals surface area contributed by atoms with Crippen molar-refractivity contribution in [2.45, 2.75) is 70.7 Å². The number of ketones is 1. The van der Waals surface area contributed by atoms with Gasteiger partial charge in [-0.25, -0.2) is 14.6 Å². The fourth-order valence-electron chi connectivity index (χ4n) is 4.40. The van der Waals surface area contributed by atoms with Crippen LogP contribution in [-0.2, 0) is 31.2 Å². The molecule has 1 aliphatic carbocycles. The third kappa shape index (κ3) is 6.75. The topological polar surface area (TPSA) is 126 Å². The number of anilines is 1. The molecular formula is C28H31ClN4O6. The minimum Gasteiger partial charge on any atom is -0.444 e. The molecule has 2 aromatic carbocycles. The van der Waals surface area contributed by atoms with E-state index < -0.39 is 29.4 Å². The van der Waals surface area contributed by atoms with Gasteiger partial charge < -0.3 is 9.47 Å². The van der Waals surface area contributed by atoms with Crippen LogP contribution >= 0.6 is 11.6 Å². The minimum absolute atomic E-state index is 0.0165. The van der Waals surface area contributed by atoms with E-state index >= 15 is 0 Å². The molecule has 4 rings (SSSR count).